The van der Waals surface area contributed by atoms with E-state index in [0.29, 0.717) is 29.4 Å². The summed E-state index contributed by atoms with van der Waals surface area (Å²) < 4.78 is 0. The Balaban J connectivity index is 1.33. The van der Waals surface area contributed by atoms with Crippen LogP contribution in [0.15, 0.2) is 24.3 Å². The molecule has 2 amide bonds. The highest BCUT2D eigenvalue weighted by atomic mass is 16.2. The van der Waals surface area contributed by atoms with Gasteiger partial charge >= 0.3 is 0 Å². The minimum Gasteiger partial charge on any atom is -0.353 e. The monoisotopic (exact) mass is 509 g/mol. The summed E-state index contributed by atoms with van der Waals surface area (Å²) in [7, 11) is 0. The van der Waals surface area contributed by atoms with Crippen molar-refractivity contribution >= 4 is 11.8 Å². The summed E-state index contributed by atoms with van der Waals surface area (Å²) >= 11 is 0. The Hall–Kier alpha value is -1.88. The van der Waals surface area contributed by atoms with E-state index in [-0.39, 0.29) is 17.7 Å². The fourth-order valence-corrected chi connectivity index (χ4v) is 7.94. The fraction of sp³-hybridized carbons (Fsp3) is 0.750. The van der Waals surface area contributed by atoms with Gasteiger partial charge in [0.25, 0.3) is 5.91 Å². The van der Waals surface area contributed by atoms with Crippen molar-refractivity contribution in [2.45, 2.75) is 91.5 Å². The Bertz CT molecular complexity index is 875. The van der Waals surface area contributed by atoms with Gasteiger partial charge in [0.15, 0.2) is 0 Å². The molecule has 0 radical (unpaired) electrons. The molecular weight excluding hydrogens is 458 g/mol. The highest BCUT2D eigenvalue weighted by Gasteiger charge is 2.51. The van der Waals surface area contributed by atoms with Crippen LogP contribution in [-0.4, -0.2) is 48.9 Å². The molecule has 0 aliphatic heterocycles. The summed E-state index contributed by atoms with van der Waals surface area (Å²) in [6.07, 6.45) is 8.29. The van der Waals surface area contributed by atoms with Crippen molar-refractivity contribution < 1.29 is 9.59 Å². The average Bonchev–Trinajstić information content (AvgIpc) is 2.80. The third kappa shape index (κ3) is 6.96. The van der Waals surface area contributed by atoms with E-state index in [1.807, 2.05) is 26.0 Å². The van der Waals surface area contributed by atoms with Crippen molar-refractivity contribution in [1.29, 1.82) is 0 Å². The van der Waals surface area contributed by atoms with Crippen LogP contribution in [0.1, 0.15) is 96.0 Å². The molecule has 1 aromatic rings. The van der Waals surface area contributed by atoms with Crippen molar-refractivity contribution in [1.82, 2.24) is 15.5 Å². The van der Waals surface area contributed by atoms with Crippen LogP contribution < -0.4 is 10.6 Å². The van der Waals surface area contributed by atoms with E-state index in [1.165, 1.54) is 44.1 Å². The largest absolute Gasteiger partial charge is 0.353 e. The van der Waals surface area contributed by atoms with Crippen LogP contribution >= 0.6 is 0 Å². The van der Waals surface area contributed by atoms with Crippen LogP contribution in [0.2, 0.25) is 0 Å². The number of hydrogen-bond donors (Lipinski definition) is 2. The molecule has 37 heavy (non-hydrogen) atoms. The molecule has 4 saturated carbocycles. The molecule has 1 atom stereocenters. The van der Waals surface area contributed by atoms with E-state index in [9.17, 15) is 9.59 Å². The second kappa shape index (κ2) is 11.9. The summed E-state index contributed by atoms with van der Waals surface area (Å²) in [6.45, 7) is 16.4. The standard InChI is InChI=1S/C32H51N3O2/c1-21(2)19-35(20-22(3)4)12-11-33-31(37)29(23(5)6)34-30(36)27-7-9-28(10-8-27)32-16-24-13-25(17-32)15-26(14-24)18-32/h7-10,21-26,29H,11-20H2,1-6H3,(H,33,37)(H,34,36). The highest BCUT2D eigenvalue weighted by Crippen LogP contribution is 2.60. The van der Waals surface area contributed by atoms with E-state index in [0.717, 1.165) is 37.4 Å². The average molecular weight is 510 g/mol. The Kier molecular flexibility index (Phi) is 9.04. The summed E-state index contributed by atoms with van der Waals surface area (Å²) in [4.78, 5) is 28.6. The molecule has 4 aliphatic rings. The Morgan fingerprint density at radius 3 is 1.84 bits per heavy atom. The predicted molar refractivity (Wildman–Crippen MR) is 152 cm³/mol. The minimum absolute atomic E-state index is 0.0117. The first kappa shape index (κ1) is 28.1. The molecule has 5 heteroatoms. The number of carbonyl (C=O) groups is 2. The fourth-order valence-electron chi connectivity index (χ4n) is 7.94. The molecule has 0 heterocycles. The maximum absolute atomic E-state index is 13.1. The molecular formula is C32H51N3O2. The molecule has 0 aromatic heterocycles. The van der Waals surface area contributed by atoms with Gasteiger partial charge < -0.3 is 15.5 Å². The molecule has 4 fully saturated rings. The molecule has 1 aromatic carbocycles. The van der Waals surface area contributed by atoms with Crippen molar-refractivity contribution in [2.75, 3.05) is 26.2 Å². The van der Waals surface area contributed by atoms with Gasteiger partial charge in [0.2, 0.25) is 5.91 Å². The maximum Gasteiger partial charge on any atom is 0.251 e. The van der Waals surface area contributed by atoms with Gasteiger partial charge in [-0.2, -0.15) is 0 Å². The number of nitrogens with one attached hydrogen (secondary N) is 2. The van der Waals surface area contributed by atoms with Gasteiger partial charge in [-0.1, -0.05) is 53.7 Å². The molecule has 4 aliphatic carbocycles. The number of hydrogen-bond acceptors (Lipinski definition) is 3. The van der Waals surface area contributed by atoms with Gasteiger partial charge in [0.1, 0.15) is 6.04 Å². The number of nitrogens with zero attached hydrogens (tertiary/aromatic N) is 1. The summed E-state index contributed by atoms with van der Waals surface area (Å²) in [5.41, 5.74) is 2.41. The lowest BCUT2D eigenvalue weighted by molar-refractivity contribution is -0.124. The van der Waals surface area contributed by atoms with Gasteiger partial charge in [0, 0.05) is 31.7 Å². The number of benzene rings is 1. The lowest BCUT2D eigenvalue weighted by Gasteiger charge is -2.57. The van der Waals surface area contributed by atoms with Crippen LogP contribution in [0, 0.1) is 35.5 Å². The molecule has 1 unspecified atom stereocenters. The van der Waals surface area contributed by atoms with Gasteiger partial charge in [-0.3, -0.25) is 9.59 Å². The van der Waals surface area contributed by atoms with Crippen LogP contribution in [0.4, 0.5) is 0 Å². The minimum atomic E-state index is -0.543. The Labute approximate surface area is 225 Å². The first-order valence-corrected chi connectivity index (χ1v) is 15.0. The zero-order valence-electron chi connectivity index (χ0n) is 24.2. The van der Waals surface area contributed by atoms with Gasteiger partial charge in [0.05, 0.1) is 0 Å². The van der Waals surface area contributed by atoms with Crippen molar-refractivity contribution in [2.24, 2.45) is 35.5 Å². The number of carbonyl (C=O) groups excluding carboxylic acids is 2. The van der Waals surface area contributed by atoms with E-state index in [4.69, 9.17) is 0 Å². The molecule has 0 saturated heterocycles. The Morgan fingerprint density at radius 1 is 0.865 bits per heavy atom. The van der Waals surface area contributed by atoms with Crippen molar-refractivity contribution in [3.63, 3.8) is 0 Å². The smallest absolute Gasteiger partial charge is 0.251 e. The summed E-state index contributed by atoms with van der Waals surface area (Å²) in [5.74, 6) is 3.65. The molecule has 4 bridgehead atoms. The van der Waals surface area contributed by atoms with E-state index in [1.54, 1.807) is 0 Å². The molecule has 0 spiro atoms. The quantitative estimate of drug-likeness (QED) is 0.383. The second-order valence-corrected chi connectivity index (χ2v) is 13.8. The normalized spacial score (nSPS) is 27.4. The molecule has 2 N–H and O–H groups in total. The molecule has 5 rings (SSSR count). The number of rotatable bonds is 12. The predicted octanol–water partition coefficient (Wildman–Crippen LogP) is 5.64. The maximum atomic E-state index is 13.1. The summed E-state index contributed by atoms with van der Waals surface area (Å²) in [6, 6.07) is 7.82. The lowest BCUT2D eigenvalue weighted by Crippen LogP contribution is -2.51. The zero-order chi connectivity index (χ0) is 26.7. The highest BCUT2D eigenvalue weighted by molar-refractivity contribution is 5.97. The van der Waals surface area contributed by atoms with Crippen LogP contribution in [0.25, 0.3) is 0 Å². The third-order valence-corrected chi connectivity index (χ3v) is 9.01. The van der Waals surface area contributed by atoms with E-state index in [2.05, 4.69) is 55.4 Å². The lowest BCUT2D eigenvalue weighted by atomic mass is 9.48. The van der Waals surface area contributed by atoms with Crippen molar-refractivity contribution in [3.05, 3.63) is 35.4 Å². The van der Waals surface area contributed by atoms with E-state index >= 15 is 0 Å². The first-order chi connectivity index (χ1) is 17.5. The second-order valence-electron chi connectivity index (χ2n) is 13.8. The van der Waals surface area contributed by atoms with Gasteiger partial charge in [-0.05, 0) is 97.1 Å². The van der Waals surface area contributed by atoms with Gasteiger partial charge in [-0.15, -0.1) is 0 Å². The molecule has 206 valence electrons. The van der Waals surface area contributed by atoms with Crippen LogP contribution in [0.3, 0.4) is 0 Å². The van der Waals surface area contributed by atoms with E-state index < -0.39 is 6.04 Å². The van der Waals surface area contributed by atoms with Crippen LogP contribution in [-0.2, 0) is 10.2 Å². The van der Waals surface area contributed by atoms with Crippen molar-refractivity contribution in [3.8, 4) is 0 Å². The molecule has 5 nitrogen and oxygen atoms in total. The Morgan fingerprint density at radius 2 is 1.38 bits per heavy atom. The first-order valence-electron chi connectivity index (χ1n) is 15.0. The third-order valence-electron chi connectivity index (χ3n) is 9.01. The van der Waals surface area contributed by atoms with Gasteiger partial charge in [-0.25, -0.2) is 0 Å². The number of amides is 2. The SMILES string of the molecule is CC(C)CN(CCNC(=O)C(NC(=O)c1ccc(C23CC4CC(CC(C4)C2)C3)cc1)C(C)C)CC(C)C. The van der Waals surface area contributed by atoms with Crippen LogP contribution in [0.5, 0.6) is 0 Å². The summed E-state index contributed by atoms with van der Waals surface area (Å²) in [5, 5.41) is 6.11. The zero-order valence-corrected chi connectivity index (χ0v) is 24.2. The topological polar surface area (TPSA) is 61.4 Å².